The number of benzene rings is 1. The second kappa shape index (κ2) is 7.81. The smallest absolute Gasteiger partial charge is 0.247 e. The van der Waals surface area contributed by atoms with E-state index < -0.39 is 0 Å². The van der Waals surface area contributed by atoms with Crippen molar-refractivity contribution in [3.05, 3.63) is 40.9 Å². The van der Waals surface area contributed by atoms with E-state index in [0.717, 1.165) is 18.4 Å². The number of nitrogens with zero attached hydrogens (tertiary/aromatic N) is 2. The van der Waals surface area contributed by atoms with Crippen LogP contribution in [-0.4, -0.2) is 60.5 Å². The molecule has 0 aromatic heterocycles. The number of carbonyl (C=O) groups is 2. The van der Waals surface area contributed by atoms with E-state index in [9.17, 15) is 9.59 Å². The number of morpholine rings is 1. The maximum Gasteiger partial charge on any atom is 0.247 e. The summed E-state index contributed by atoms with van der Waals surface area (Å²) >= 11 is 5.95. The van der Waals surface area contributed by atoms with Crippen LogP contribution in [-0.2, 0) is 14.3 Å². The van der Waals surface area contributed by atoms with E-state index >= 15 is 0 Å². The highest BCUT2D eigenvalue weighted by atomic mass is 35.5. The van der Waals surface area contributed by atoms with Crippen LogP contribution < -0.4 is 0 Å². The highest BCUT2D eigenvalue weighted by Crippen LogP contribution is 2.21. The van der Waals surface area contributed by atoms with E-state index in [1.807, 2.05) is 12.1 Å². The molecule has 0 bridgehead atoms. The lowest BCUT2D eigenvalue weighted by molar-refractivity contribution is -0.144. The van der Waals surface area contributed by atoms with E-state index in [0.29, 0.717) is 37.9 Å². The van der Waals surface area contributed by atoms with Crippen molar-refractivity contribution in [2.45, 2.75) is 18.9 Å². The van der Waals surface area contributed by atoms with Crippen LogP contribution in [0.2, 0.25) is 5.02 Å². The van der Waals surface area contributed by atoms with Crippen molar-refractivity contribution >= 4 is 29.5 Å². The molecule has 2 aliphatic rings. The maximum atomic E-state index is 12.7. The SMILES string of the molecule is O=C(C1CCCN1C(=O)C=Cc1cccc(Cl)c1)N1CCOCC1. The number of hydrogen-bond acceptors (Lipinski definition) is 3. The molecule has 24 heavy (non-hydrogen) atoms. The predicted molar refractivity (Wildman–Crippen MR) is 92.6 cm³/mol. The van der Waals surface area contributed by atoms with Gasteiger partial charge in [0.05, 0.1) is 13.2 Å². The van der Waals surface area contributed by atoms with Crippen LogP contribution in [0.3, 0.4) is 0 Å². The van der Waals surface area contributed by atoms with Crippen LogP contribution in [0.1, 0.15) is 18.4 Å². The summed E-state index contributed by atoms with van der Waals surface area (Å²) in [6.45, 7) is 2.98. The molecule has 3 rings (SSSR count). The first-order valence-electron chi connectivity index (χ1n) is 8.26. The molecule has 1 aromatic rings. The molecule has 2 amide bonds. The van der Waals surface area contributed by atoms with Gasteiger partial charge >= 0.3 is 0 Å². The lowest BCUT2D eigenvalue weighted by atomic mass is 10.1. The molecule has 128 valence electrons. The first kappa shape index (κ1) is 17.0. The average Bonchev–Trinajstić information content (AvgIpc) is 3.09. The largest absolute Gasteiger partial charge is 0.378 e. The molecule has 0 N–H and O–H groups in total. The molecule has 0 radical (unpaired) electrons. The number of hydrogen-bond donors (Lipinski definition) is 0. The minimum Gasteiger partial charge on any atom is -0.378 e. The van der Waals surface area contributed by atoms with Gasteiger partial charge in [0.25, 0.3) is 0 Å². The van der Waals surface area contributed by atoms with Crippen LogP contribution in [0.4, 0.5) is 0 Å². The molecule has 1 unspecified atom stereocenters. The third kappa shape index (κ3) is 3.97. The van der Waals surface area contributed by atoms with Gasteiger partial charge in [-0.15, -0.1) is 0 Å². The first-order chi connectivity index (χ1) is 11.6. The summed E-state index contributed by atoms with van der Waals surface area (Å²) in [5.41, 5.74) is 0.867. The summed E-state index contributed by atoms with van der Waals surface area (Å²) in [5, 5.41) is 0.631. The van der Waals surface area contributed by atoms with Crippen molar-refractivity contribution in [1.29, 1.82) is 0 Å². The normalized spacial score (nSPS) is 21.5. The highest BCUT2D eigenvalue weighted by Gasteiger charge is 2.36. The van der Waals surface area contributed by atoms with Gasteiger partial charge in [-0.05, 0) is 36.6 Å². The molecule has 2 heterocycles. The Morgan fingerprint density at radius 2 is 2.00 bits per heavy atom. The first-order valence-corrected chi connectivity index (χ1v) is 8.64. The molecule has 0 spiro atoms. The van der Waals surface area contributed by atoms with Crippen LogP contribution in [0, 0.1) is 0 Å². The molecule has 2 saturated heterocycles. The van der Waals surface area contributed by atoms with Crippen molar-refractivity contribution in [1.82, 2.24) is 9.80 Å². The lowest BCUT2D eigenvalue weighted by Gasteiger charge is -2.32. The number of carbonyl (C=O) groups excluding carboxylic acids is 2. The summed E-state index contributed by atoms with van der Waals surface area (Å²) in [6.07, 6.45) is 4.85. The van der Waals surface area contributed by atoms with Crippen LogP contribution in [0.25, 0.3) is 6.08 Å². The lowest BCUT2D eigenvalue weighted by Crippen LogP contribution is -2.50. The molecule has 2 aliphatic heterocycles. The van der Waals surface area contributed by atoms with Crippen molar-refractivity contribution in [2.24, 2.45) is 0 Å². The number of amides is 2. The van der Waals surface area contributed by atoms with Crippen LogP contribution >= 0.6 is 11.6 Å². The average molecular weight is 349 g/mol. The zero-order valence-electron chi connectivity index (χ0n) is 13.5. The molecule has 0 aliphatic carbocycles. The second-order valence-corrected chi connectivity index (χ2v) is 6.45. The van der Waals surface area contributed by atoms with Gasteiger partial charge in [0.1, 0.15) is 6.04 Å². The molecule has 5 nitrogen and oxygen atoms in total. The quantitative estimate of drug-likeness (QED) is 0.787. The number of halogens is 1. The fourth-order valence-electron chi connectivity index (χ4n) is 3.16. The number of rotatable bonds is 3. The Morgan fingerprint density at radius 3 is 2.75 bits per heavy atom. The minimum atomic E-state index is -0.348. The van der Waals surface area contributed by atoms with Gasteiger partial charge in [-0.2, -0.15) is 0 Å². The van der Waals surface area contributed by atoms with E-state index in [-0.39, 0.29) is 17.9 Å². The van der Waals surface area contributed by atoms with Gasteiger partial charge in [0.2, 0.25) is 11.8 Å². The molecule has 0 saturated carbocycles. The van der Waals surface area contributed by atoms with Crippen molar-refractivity contribution < 1.29 is 14.3 Å². The number of ether oxygens (including phenoxy) is 1. The standard InChI is InChI=1S/C18H21ClN2O3/c19-15-4-1-3-14(13-15)6-7-17(22)21-8-2-5-16(21)18(23)20-9-11-24-12-10-20/h1,3-4,6-7,13,16H,2,5,8-12H2. The summed E-state index contributed by atoms with van der Waals surface area (Å²) in [6, 6.07) is 6.96. The molecule has 1 atom stereocenters. The van der Waals surface area contributed by atoms with E-state index in [2.05, 4.69) is 0 Å². The van der Waals surface area contributed by atoms with Gasteiger partial charge < -0.3 is 14.5 Å². The Kier molecular flexibility index (Phi) is 5.53. The van der Waals surface area contributed by atoms with Crippen molar-refractivity contribution in [3.8, 4) is 0 Å². The topological polar surface area (TPSA) is 49.9 Å². The van der Waals surface area contributed by atoms with Gasteiger partial charge in [-0.25, -0.2) is 0 Å². The Balaban J connectivity index is 1.65. The van der Waals surface area contributed by atoms with Crippen molar-refractivity contribution in [3.63, 3.8) is 0 Å². The van der Waals surface area contributed by atoms with Gasteiger partial charge in [0.15, 0.2) is 0 Å². The summed E-state index contributed by atoms with van der Waals surface area (Å²) < 4.78 is 5.29. The molecular weight excluding hydrogens is 328 g/mol. The van der Waals surface area contributed by atoms with E-state index in [1.165, 1.54) is 6.08 Å². The summed E-state index contributed by atoms with van der Waals surface area (Å²) in [7, 11) is 0. The maximum absolute atomic E-state index is 12.7. The molecule has 2 fully saturated rings. The molecule has 1 aromatic carbocycles. The van der Waals surface area contributed by atoms with Gasteiger partial charge in [-0.1, -0.05) is 23.7 Å². The fraction of sp³-hybridized carbons (Fsp3) is 0.444. The Labute approximate surface area is 146 Å². The van der Waals surface area contributed by atoms with E-state index in [4.69, 9.17) is 16.3 Å². The highest BCUT2D eigenvalue weighted by molar-refractivity contribution is 6.30. The summed E-state index contributed by atoms with van der Waals surface area (Å²) in [5.74, 6) is -0.0839. The number of likely N-dealkylation sites (tertiary alicyclic amines) is 1. The molecule has 6 heteroatoms. The molecular formula is C18H21ClN2O3. The second-order valence-electron chi connectivity index (χ2n) is 6.02. The Morgan fingerprint density at radius 1 is 1.21 bits per heavy atom. The third-order valence-corrected chi connectivity index (χ3v) is 4.65. The Hall–Kier alpha value is -1.85. The minimum absolute atomic E-state index is 0.0419. The Bertz CT molecular complexity index is 641. The van der Waals surface area contributed by atoms with Crippen LogP contribution in [0.5, 0.6) is 0 Å². The fourth-order valence-corrected chi connectivity index (χ4v) is 3.35. The predicted octanol–water partition coefficient (Wildman–Crippen LogP) is 2.20. The van der Waals surface area contributed by atoms with E-state index in [1.54, 1.807) is 28.0 Å². The monoisotopic (exact) mass is 348 g/mol. The van der Waals surface area contributed by atoms with Crippen LogP contribution in [0.15, 0.2) is 30.3 Å². The van der Waals surface area contributed by atoms with Gasteiger partial charge in [0, 0.05) is 30.7 Å². The van der Waals surface area contributed by atoms with Crippen molar-refractivity contribution in [2.75, 3.05) is 32.8 Å². The summed E-state index contributed by atoms with van der Waals surface area (Å²) in [4.78, 5) is 28.7. The third-order valence-electron chi connectivity index (χ3n) is 4.41. The zero-order valence-corrected chi connectivity index (χ0v) is 14.2. The van der Waals surface area contributed by atoms with Gasteiger partial charge in [-0.3, -0.25) is 9.59 Å². The zero-order chi connectivity index (χ0) is 16.9.